The van der Waals surface area contributed by atoms with Crippen molar-refractivity contribution in [1.29, 1.82) is 0 Å². The lowest BCUT2D eigenvalue weighted by Gasteiger charge is -2.19. The molecule has 0 unspecified atom stereocenters. The van der Waals surface area contributed by atoms with Crippen molar-refractivity contribution in [2.75, 3.05) is 17.2 Å². The van der Waals surface area contributed by atoms with Gasteiger partial charge in [-0.2, -0.15) is 4.98 Å². The number of carbonyl (C=O) groups excluding carboxylic acids is 1. The highest BCUT2D eigenvalue weighted by atomic mass is 16.5. The number of aliphatic hydroxyl groups excluding tert-OH is 1. The predicted molar refractivity (Wildman–Crippen MR) is 136 cm³/mol. The Balaban J connectivity index is 1.33. The molecule has 0 saturated heterocycles. The van der Waals surface area contributed by atoms with E-state index in [1.54, 1.807) is 38.2 Å². The molecule has 3 N–H and O–H groups in total. The Labute approximate surface area is 213 Å². The minimum atomic E-state index is -0.893. The Bertz CT molecular complexity index is 1470. The highest BCUT2D eigenvalue weighted by molar-refractivity contribution is 6.07. The average Bonchev–Trinajstić information content (AvgIpc) is 3.58. The van der Waals surface area contributed by atoms with Crippen LogP contribution in [0, 0.1) is 0 Å². The van der Waals surface area contributed by atoms with E-state index in [1.165, 1.54) is 0 Å². The largest absolute Gasteiger partial charge is 0.479 e. The molecule has 10 nitrogen and oxygen atoms in total. The van der Waals surface area contributed by atoms with Gasteiger partial charge in [-0.25, -0.2) is 4.98 Å². The number of nitrogens with one attached hydrogen (secondary N) is 2. The Kier molecular flexibility index (Phi) is 5.60. The van der Waals surface area contributed by atoms with Crippen LogP contribution in [0.15, 0.2) is 59.1 Å². The molecule has 188 valence electrons. The first-order valence-corrected chi connectivity index (χ1v) is 12.2. The summed E-state index contributed by atoms with van der Waals surface area (Å²) in [5.41, 5.74) is 1.75. The first kappa shape index (κ1) is 23.1. The fraction of sp³-hybridized carbons (Fsp3) is 0.296. The van der Waals surface area contributed by atoms with Crippen molar-refractivity contribution in [2.45, 2.75) is 44.2 Å². The van der Waals surface area contributed by atoms with E-state index in [9.17, 15) is 9.90 Å². The molecule has 10 heteroatoms. The number of benzene rings is 2. The van der Waals surface area contributed by atoms with Gasteiger partial charge in [0.2, 0.25) is 17.6 Å². The molecule has 0 bridgehead atoms. The average molecular weight is 499 g/mol. The summed E-state index contributed by atoms with van der Waals surface area (Å²) in [6.45, 7) is 3.34. The van der Waals surface area contributed by atoms with E-state index < -0.39 is 11.6 Å². The van der Waals surface area contributed by atoms with Crippen molar-refractivity contribution < 1.29 is 19.1 Å². The molecular weight excluding hydrogens is 472 g/mol. The van der Waals surface area contributed by atoms with Gasteiger partial charge in [0.1, 0.15) is 11.6 Å². The number of hydrogen-bond donors (Lipinski definition) is 3. The summed E-state index contributed by atoms with van der Waals surface area (Å²) in [5, 5.41) is 25.0. The van der Waals surface area contributed by atoms with Crippen molar-refractivity contribution in [3.05, 3.63) is 71.7 Å². The van der Waals surface area contributed by atoms with Crippen LogP contribution in [0.5, 0.6) is 5.75 Å². The van der Waals surface area contributed by atoms with Crippen LogP contribution in [0.3, 0.4) is 0 Å². The van der Waals surface area contributed by atoms with Crippen LogP contribution in [-0.4, -0.2) is 43.3 Å². The fourth-order valence-electron chi connectivity index (χ4n) is 4.28. The van der Waals surface area contributed by atoms with Gasteiger partial charge in [0.05, 0.1) is 23.8 Å². The number of carbonyl (C=O) groups is 1. The molecular formula is C27H26N6O4. The molecule has 1 atom stereocenters. The van der Waals surface area contributed by atoms with E-state index in [4.69, 9.17) is 9.15 Å². The van der Waals surface area contributed by atoms with Crippen LogP contribution in [0.4, 0.5) is 17.5 Å². The molecule has 6 rings (SSSR count). The van der Waals surface area contributed by atoms with E-state index >= 15 is 0 Å². The van der Waals surface area contributed by atoms with Gasteiger partial charge in [-0.15, -0.1) is 10.2 Å². The Morgan fingerprint density at radius 1 is 1.11 bits per heavy atom. The lowest BCUT2D eigenvalue weighted by Crippen LogP contribution is -2.31. The number of aromatic nitrogens is 4. The zero-order chi connectivity index (χ0) is 25.6. The van der Waals surface area contributed by atoms with E-state index in [0.29, 0.717) is 52.0 Å². The predicted octanol–water partition coefficient (Wildman–Crippen LogP) is 4.65. The van der Waals surface area contributed by atoms with Crippen LogP contribution >= 0.6 is 0 Å². The number of nitrogens with zero attached hydrogens (tertiary/aromatic N) is 4. The molecule has 2 aromatic heterocycles. The summed E-state index contributed by atoms with van der Waals surface area (Å²) >= 11 is 0. The van der Waals surface area contributed by atoms with Crippen LogP contribution in [0.25, 0.3) is 11.5 Å². The standard InChI is InChI=1S/C27H26N6O4/c1-27(2)22(35)18-11-10-17(12-21(18)37-27)29-26-28-13-19(25-33-32-24(36-25)16-8-9-16)23(31-26)30-20(14-34)15-6-4-3-5-7-15/h3-7,10-13,16,20,34H,8-9,14H2,1-2H3,(H2,28,29,30,31)/t20-/m1/s1. The van der Waals surface area contributed by atoms with Gasteiger partial charge in [-0.05, 0) is 44.4 Å². The van der Waals surface area contributed by atoms with Crippen molar-refractivity contribution >= 4 is 23.2 Å². The Hall–Kier alpha value is -4.31. The third kappa shape index (κ3) is 4.51. The van der Waals surface area contributed by atoms with Crippen LogP contribution < -0.4 is 15.4 Å². The highest BCUT2D eigenvalue weighted by Crippen LogP contribution is 2.41. The quantitative estimate of drug-likeness (QED) is 0.315. The summed E-state index contributed by atoms with van der Waals surface area (Å²) < 4.78 is 11.8. The summed E-state index contributed by atoms with van der Waals surface area (Å²) in [7, 11) is 0. The van der Waals surface area contributed by atoms with Crippen LogP contribution in [-0.2, 0) is 0 Å². The zero-order valence-corrected chi connectivity index (χ0v) is 20.4. The molecule has 1 aliphatic carbocycles. The van der Waals surface area contributed by atoms with Crippen molar-refractivity contribution in [2.24, 2.45) is 0 Å². The molecule has 2 aliphatic rings. The molecule has 0 amide bonds. The van der Waals surface area contributed by atoms with Gasteiger partial charge in [0, 0.05) is 23.9 Å². The maximum Gasteiger partial charge on any atom is 0.253 e. The lowest BCUT2D eigenvalue weighted by molar-refractivity contribution is 0.0684. The van der Waals surface area contributed by atoms with Crippen molar-refractivity contribution in [3.8, 4) is 17.2 Å². The number of aliphatic hydroxyl groups is 1. The molecule has 1 saturated carbocycles. The number of ether oxygens (including phenoxy) is 1. The molecule has 4 aromatic rings. The second kappa shape index (κ2) is 8.97. The molecule has 0 spiro atoms. The van der Waals surface area contributed by atoms with Crippen LogP contribution in [0.1, 0.15) is 60.5 Å². The molecule has 2 aromatic carbocycles. The minimum Gasteiger partial charge on any atom is -0.479 e. The smallest absolute Gasteiger partial charge is 0.253 e. The maximum atomic E-state index is 12.5. The van der Waals surface area contributed by atoms with Gasteiger partial charge < -0.3 is 24.9 Å². The second-order valence-electron chi connectivity index (χ2n) is 9.74. The first-order valence-electron chi connectivity index (χ1n) is 12.2. The van der Waals surface area contributed by atoms with Crippen molar-refractivity contribution in [1.82, 2.24) is 20.2 Å². The fourth-order valence-corrected chi connectivity index (χ4v) is 4.28. The highest BCUT2D eigenvalue weighted by Gasteiger charge is 2.39. The zero-order valence-electron chi connectivity index (χ0n) is 20.4. The molecule has 37 heavy (non-hydrogen) atoms. The summed E-state index contributed by atoms with van der Waals surface area (Å²) in [6.07, 6.45) is 3.69. The summed E-state index contributed by atoms with van der Waals surface area (Å²) in [4.78, 5) is 21.6. The summed E-state index contributed by atoms with van der Waals surface area (Å²) in [6, 6.07) is 14.5. The molecule has 3 heterocycles. The van der Waals surface area contributed by atoms with E-state index in [1.807, 2.05) is 30.3 Å². The number of hydrogen-bond acceptors (Lipinski definition) is 10. The number of ketones is 1. The lowest BCUT2D eigenvalue weighted by atomic mass is 10.00. The van der Waals surface area contributed by atoms with E-state index in [-0.39, 0.29) is 12.4 Å². The molecule has 1 aliphatic heterocycles. The maximum absolute atomic E-state index is 12.5. The second-order valence-corrected chi connectivity index (χ2v) is 9.74. The van der Waals surface area contributed by atoms with Gasteiger partial charge >= 0.3 is 0 Å². The number of rotatable bonds is 8. The number of Topliss-reactive ketones (excluding diaryl/α,β-unsaturated/α-hetero) is 1. The number of anilines is 3. The van der Waals surface area contributed by atoms with E-state index in [2.05, 4.69) is 30.8 Å². The normalized spacial score (nSPS) is 16.7. The third-order valence-corrected chi connectivity index (χ3v) is 6.48. The number of fused-ring (bicyclic) bond motifs is 1. The Morgan fingerprint density at radius 3 is 2.68 bits per heavy atom. The van der Waals surface area contributed by atoms with Gasteiger partial charge in [-0.3, -0.25) is 4.79 Å². The van der Waals surface area contributed by atoms with Gasteiger partial charge in [-0.1, -0.05) is 30.3 Å². The van der Waals surface area contributed by atoms with Gasteiger partial charge in [0.25, 0.3) is 5.89 Å². The third-order valence-electron chi connectivity index (χ3n) is 6.48. The van der Waals surface area contributed by atoms with Crippen molar-refractivity contribution in [3.63, 3.8) is 0 Å². The van der Waals surface area contributed by atoms with Crippen LogP contribution in [0.2, 0.25) is 0 Å². The van der Waals surface area contributed by atoms with E-state index in [0.717, 1.165) is 18.4 Å². The Morgan fingerprint density at radius 2 is 1.92 bits per heavy atom. The topological polar surface area (TPSA) is 135 Å². The SMILES string of the molecule is CC1(C)Oc2cc(Nc3ncc(-c4nnc(C5CC5)o4)c(N[C@H](CO)c4ccccc4)n3)ccc2C1=O. The summed E-state index contributed by atoms with van der Waals surface area (Å²) in [5.74, 6) is 2.43. The first-order chi connectivity index (χ1) is 17.9. The monoisotopic (exact) mass is 498 g/mol. The minimum absolute atomic E-state index is 0.0535. The molecule has 0 radical (unpaired) electrons. The van der Waals surface area contributed by atoms with Gasteiger partial charge in [0.15, 0.2) is 5.60 Å². The molecule has 1 fully saturated rings.